The highest BCUT2D eigenvalue weighted by molar-refractivity contribution is 5.36. The molecule has 2 aromatic heterocycles. The van der Waals surface area contributed by atoms with Crippen molar-refractivity contribution in [1.82, 2.24) is 20.1 Å². The van der Waals surface area contributed by atoms with Crippen molar-refractivity contribution in [2.75, 3.05) is 30.4 Å². The summed E-state index contributed by atoms with van der Waals surface area (Å²) in [6.07, 6.45) is 3.57. The molecule has 3 rings (SSSR count). The molecule has 0 radical (unpaired) electrons. The first-order valence-corrected chi connectivity index (χ1v) is 7.36. The van der Waals surface area contributed by atoms with E-state index < -0.39 is 0 Å². The molecule has 1 fully saturated rings. The van der Waals surface area contributed by atoms with Crippen LogP contribution in [0.3, 0.4) is 0 Å². The third-order valence-electron chi connectivity index (χ3n) is 3.65. The molecule has 0 spiro atoms. The van der Waals surface area contributed by atoms with Gasteiger partial charge in [-0.15, -0.1) is 0 Å². The fourth-order valence-electron chi connectivity index (χ4n) is 2.52. The first-order chi connectivity index (χ1) is 10.7. The molecule has 22 heavy (non-hydrogen) atoms. The second-order valence-electron chi connectivity index (χ2n) is 5.38. The van der Waals surface area contributed by atoms with Gasteiger partial charge in [-0.25, -0.2) is 9.97 Å². The Balaban J connectivity index is 1.53. The Labute approximate surface area is 128 Å². The van der Waals surface area contributed by atoms with E-state index >= 15 is 0 Å². The van der Waals surface area contributed by atoms with Crippen LogP contribution in [0.15, 0.2) is 16.9 Å². The minimum absolute atomic E-state index is 0.370. The lowest BCUT2D eigenvalue weighted by Gasteiger charge is -2.31. The molecule has 3 heterocycles. The van der Waals surface area contributed by atoms with Gasteiger partial charge >= 0.3 is 6.01 Å². The number of anilines is 2. The van der Waals surface area contributed by atoms with Crippen LogP contribution in [0.2, 0.25) is 0 Å². The number of hydrogen-bond donors (Lipinski definition) is 1. The summed E-state index contributed by atoms with van der Waals surface area (Å²) in [6.45, 7) is 4.07. The van der Waals surface area contributed by atoms with E-state index in [-0.39, 0.29) is 0 Å². The molecule has 1 N–H and O–H groups in total. The molecule has 0 saturated carbocycles. The van der Waals surface area contributed by atoms with Crippen molar-refractivity contribution in [3.63, 3.8) is 0 Å². The monoisotopic (exact) mass is 304 g/mol. The van der Waals surface area contributed by atoms with E-state index in [9.17, 15) is 0 Å². The van der Waals surface area contributed by atoms with Crippen LogP contribution in [-0.2, 0) is 11.3 Å². The molecule has 0 unspecified atom stereocenters. The lowest BCUT2D eigenvalue weighted by atomic mass is 10.1. The number of piperidine rings is 1. The van der Waals surface area contributed by atoms with Gasteiger partial charge in [0, 0.05) is 38.0 Å². The second kappa shape index (κ2) is 6.69. The highest BCUT2D eigenvalue weighted by Gasteiger charge is 2.23. The Kier molecular flexibility index (Phi) is 4.47. The van der Waals surface area contributed by atoms with Crippen molar-refractivity contribution < 1.29 is 9.26 Å². The lowest BCUT2D eigenvalue weighted by molar-refractivity contribution is 0.174. The van der Waals surface area contributed by atoms with Gasteiger partial charge in [-0.1, -0.05) is 5.16 Å². The van der Waals surface area contributed by atoms with Crippen molar-refractivity contribution in [3.8, 4) is 0 Å². The highest BCUT2D eigenvalue weighted by Crippen LogP contribution is 2.20. The fraction of sp³-hybridized carbons (Fsp3) is 0.571. The second-order valence-corrected chi connectivity index (χ2v) is 5.38. The molecule has 8 heteroatoms. The van der Waals surface area contributed by atoms with Crippen molar-refractivity contribution >= 4 is 11.8 Å². The number of nitrogens with one attached hydrogen (secondary N) is 1. The number of ether oxygens (including phenoxy) is 1. The number of aromatic nitrogens is 4. The summed E-state index contributed by atoms with van der Waals surface area (Å²) >= 11 is 0. The van der Waals surface area contributed by atoms with E-state index in [0.29, 0.717) is 24.5 Å². The van der Waals surface area contributed by atoms with Crippen LogP contribution in [-0.4, -0.2) is 46.3 Å². The molecule has 0 bridgehead atoms. The summed E-state index contributed by atoms with van der Waals surface area (Å²) in [6, 6.07) is 2.93. The number of methoxy groups -OCH3 is 1. The van der Waals surface area contributed by atoms with Crippen LogP contribution < -0.4 is 10.2 Å². The van der Waals surface area contributed by atoms with Gasteiger partial charge in [-0.2, -0.15) is 4.98 Å². The first kappa shape index (κ1) is 14.7. The summed E-state index contributed by atoms with van der Waals surface area (Å²) in [4.78, 5) is 14.8. The predicted molar refractivity (Wildman–Crippen MR) is 80.6 cm³/mol. The quantitative estimate of drug-likeness (QED) is 0.886. The van der Waals surface area contributed by atoms with Crippen LogP contribution in [0.5, 0.6) is 0 Å². The molecule has 1 saturated heterocycles. The third kappa shape index (κ3) is 3.51. The van der Waals surface area contributed by atoms with Crippen molar-refractivity contribution in [2.45, 2.75) is 32.4 Å². The predicted octanol–water partition coefficient (Wildman–Crippen LogP) is 1.40. The molecule has 1 aliphatic heterocycles. The number of nitrogens with zero attached hydrogens (tertiary/aromatic N) is 5. The van der Waals surface area contributed by atoms with Crippen molar-refractivity contribution in [1.29, 1.82) is 0 Å². The minimum Gasteiger partial charge on any atom is -0.377 e. The van der Waals surface area contributed by atoms with Gasteiger partial charge < -0.3 is 19.5 Å². The lowest BCUT2D eigenvalue weighted by Crippen LogP contribution is -2.39. The van der Waals surface area contributed by atoms with Gasteiger partial charge in [0.15, 0.2) is 5.82 Å². The molecule has 1 aliphatic rings. The molecule has 0 amide bonds. The van der Waals surface area contributed by atoms with Gasteiger partial charge in [-0.3, -0.25) is 0 Å². The summed E-state index contributed by atoms with van der Waals surface area (Å²) < 4.78 is 10.3. The molecular weight excluding hydrogens is 284 g/mol. The van der Waals surface area contributed by atoms with Gasteiger partial charge in [0.1, 0.15) is 18.8 Å². The Morgan fingerprint density at radius 1 is 1.36 bits per heavy atom. The maximum Gasteiger partial charge on any atom is 0.324 e. The van der Waals surface area contributed by atoms with Gasteiger partial charge in [0.25, 0.3) is 0 Å². The number of aryl methyl sites for hydroxylation is 1. The van der Waals surface area contributed by atoms with Crippen LogP contribution in [0.4, 0.5) is 11.8 Å². The summed E-state index contributed by atoms with van der Waals surface area (Å²) in [5.41, 5.74) is 0.964. The van der Waals surface area contributed by atoms with E-state index in [0.717, 1.165) is 37.4 Å². The van der Waals surface area contributed by atoms with Crippen LogP contribution in [0.1, 0.15) is 24.4 Å². The molecule has 0 atom stereocenters. The third-order valence-corrected chi connectivity index (χ3v) is 3.65. The topological polar surface area (TPSA) is 89.2 Å². The summed E-state index contributed by atoms with van der Waals surface area (Å²) in [7, 11) is 1.61. The Morgan fingerprint density at radius 3 is 2.91 bits per heavy atom. The molecule has 0 aromatic carbocycles. The molecule has 8 nitrogen and oxygen atoms in total. The van der Waals surface area contributed by atoms with E-state index in [1.165, 1.54) is 0 Å². The van der Waals surface area contributed by atoms with Gasteiger partial charge in [-0.05, 0) is 19.8 Å². The van der Waals surface area contributed by atoms with E-state index in [1.807, 2.05) is 13.0 Å². The van der Waals surface area contributed by atoms with E-state index in [1.54, 1.807) is 13.4 Å². The van der Waals surface area contributed by atoms with E-state index in [4.69, 9.17) is 9.26 Å². The molecule has 0 aliphatic carbocycles. The first-order valence-electron chi connectivity index (χ1n) is 7.36. The molecule has 2 aromatic rings. The zero-order valence-corrected chi connectivity index (χ0v) is 12.8. The van der Waals surface area contributed by atoms with Crippen molar-refractivity contribution in [2.24, 2.45) is 0 Å². The Hall–Kier alpha value is -2.22. The average Bonchev–Trinajstić information content (AvgIpc) is 2.97. The Morgan fingerprint density at radius 2 is 2.18 bits per heavy atom. The van der Waals surface area contributed by atoms with Gasteiger partial charge in [0.05, 0.1) is 0 Å². The van der Waals surface area contributed by atoms with E-state index in [2.05, 4.69) is 30.3 Å². The number of hydrogen-bond acceptors (Lipinski definition) is 8. The maximum atomic E-state index is 5.27. The normalized spacial score (nSPS) is 16.0. The maximum absolute atomic E-state index is 5.27. The fourth-order valence-corrected chi connectivity index (χ4v) is 2.52. The van der Waals surface area contributed by atoms with Crippen LogP contribution in [0.25, 0.3) is 0 Å². The van der Waals surface area contributed by atoms with Gasteiger partial charge in [0.2, 0.25) is 0 Å². The average molecular weight is 304 g/mol. The summed E-state index contributed by atoms with van der Waals surface area (Å²) in [5, 5.41) is 7.35. The highest BCUT2D eigenvalue weighted by atomic mass is 16.5. The van der Waals surface area contributed by atoms with Crippen molar-refractivity contribution in [3.05, 3.63) is 23.9 Å². The number of rotatable bonds is 5. The molecule has 118 valence electrons. The Bertz CT molecular complexity index is 609. The largest absolute Gasteiger partial charge is 0.377 e. The smallest absolute Gasteiger partial charge is 0.324 e. The standard InChI is InChI=1S/C14H20N6O2/c1-10-7-12(16-9-15-10)17-11-3-5-20(6-4-11)14-18-13(8-21-2)19-22-14/h7,9,11H,3-6,8H2,1-2H3,(H,15,16,17). The van der Waals surface area contributed by atoms with Crippen LogP contribution in [0, 0.1) is 6.92 Å². The molecular formula is C14H20N6O2. The van der Waals surface area contributed by atoms with Crippen LogP contribution >= 0.6 is 0 Å². The SMILES string of the molecule is COCc1noc(N2CCC(Nc3cc(C)ncn3)CC2)n1. The minimum atomic E-state index is 0.370. The summed E-state index contributed by atoms with van der Waals surface area (Å²) in [5.74, 6) is 1.46. The zero-order chi connectivity index (χ0) is 15.4. The zero-order valence-electron chi connectivity index (χ0n) is 12.8.